The molecular formula is C13H18ClN3O. The molecule has 1 saturated carbocycles. The fourth-order valence-corrected chi connectivity index (χ4v) is 4.06. The van der Waals surface area contributed by atoms with Crippen LogP contribution in [0.25, 0.3) is 0 Å². The Kier molecular flexibility index (Phi) is 3.16. The lowest BCUT2D eigenvalue weighted by Gasteiger charge is -2.55. The van der Waals surface area contributed by atoms with Crippen molar-refractivity contribution in [3.8, 4) is 5.75 Å². The zero-order valence-electron chi connectivity index (χ0n) is 10.2. The molecule has 2 atom stereocenters. The van der Waals surface area contributed by atoms with E-state index >= 15 is 0 Å². The van der Waals surface area contributed by atoms with Crippen molar-refractivity contribution in [2.75, 3.05) is 19.6 Å². The zero-order valence-corrected chi connectivity index (χ0v) is 11.1. The normalized spacial score (nSPS) is 40.3. The number of nitrogens with zero attached hydrogens (tertiary/aromatic N) is 3. The first-order valence-corrected chi connectivity index (χ1v) is 6.52. The van der Waals surface area contributed by atoms with Crippen LogP contribution in [0.5, 0.6) is 5.75 Å². The zero-order chi connectivity index (χ0) is 11.2. The van der Waals surface area contributed by atoms with Crippen LogP contribution in [0, 0.1) is 17.8 Å². The van der Waals surface area contributed by atoms with Gasteiger partial charge in [-0.05, 0) is 18.8 Å². The summed E-state index contributed by atoms with van der Waals surface area (Å²) in [4.78, 5) is 10.7. The molecule has 5 rings (SSSR count). The van der Waals surface area contributed by atoms with Gasteiger partial charge in [-0.1, -0.05) is 0 Å². The van der Waals surface area contributed by atoms with Crippen LogP contribution >= 0.6 is 12.4 Å². The molecule has 4 heterocycles. The molecule has 4 fully saturated rings. The van der Waals surface area contributed by atoms with Gasteiger partial charge in [0, 0.05) is 31.5 Å². The molecule has 5 heteroatoms. The minimum Gasteiger partial charge on any atom is -0.487 e. The van der Waals surface area contributed by atoms with Crippen molar-refractivity contribution < 1.29 is 4.74 Å². The van der Waals surface area contributed by atoms with Gasteiger partial charge in [0.1, 0.15) is 12.4 Å². The molecule has 0 amide bonds. The summed E-state index contributed by atoms with van der Waals surface area (Å²) in [7, 11) is 0. The first-order valence-electron chi connectivity index (χ1n) is 6.52. The molecule has 0 N–H and O–H groups in total. The van der Waals surface area contributed by atoms with E-state index in [0.717, 1.165) is 23.5 Å². The van der Waals surface area contributed by atoms with E-state index in [9.17, 15) is 0 Å². The summed E-state index contributed by atoms with van der Waals surface area (Å²) in [5.41, 5.74) is 0. The second kappa shape index (κ2) is 4.67. The Morgan fingerprint density at radius 1 is 1.06 bits per heavy atom. The summed E-state index contributed by atoms with van der Waals surface area (Å²) in [6.45, 7) is 3.78. The van der Waals surface area contributed by atoms with Gasteiger partial charge in [0.2, 0.25) is 0 Å². The van der Waals surface area contributed by atoms with Crippen LogP contribution in [0.4, 0.5) is 0 Å². The number of piperidine rings is 3. The lowest BCUT2D eigenvalue weighted by atomic mass is 9.66. The Bertz CT molecular complexity index is 386. The number of hydrogen-bond donors (Lipinski definition) is 0. The SMILES string of the molecule is Cl.c1ncc(OC2[C@H]3CC4C[C@H]2CN(C4)C3)cn1. The van der Waals surface area contributed by atoms with Gasteiger partial charge in [-0.3, -0.25) is 0 Å². The molecule has 3 saturated heterocycles. The predicted molar refractivity (Wildman–Crippen MR) is 69.8 cm³/mol. The highest BCUT2D eigenvalue weighted by atomic mass is 35.5. The maximum atomic E-state index is 6.14. The third-order valence-corrected chi connectivity index (χ3v) is 4.51. The maximum absolute atomic E-state index is 6.14. The van der Waals surface area contributed by atoms with Gasteiger partial charge in [-0.15, -0.1) is 12.4 Å². The Morgan fingerprint density at radius 2 is 1.72 bits per heavy atom. The molecule has 4 aliphatic rings. The lowest BCUT2D eigenvalue weighted by Crippen LogP contribution is -2.61. The van der Waals surface area contributed by atoms with Gasteiger partial charge < -0.3 is 9.64 Å². The standard InChI is InChI=1S/C13H17N3O.ClH/c1-9-2-11-7-16(5-9)6-10(1)13(11)17-12-3-14-8-15-4-12;/h3-4,8-11,13H,1-2,5-7H2;1H/t9?,10-,11-,13?;/m0./s1. The molecule has 0 unspecified atom stereocenters. The van der Waals surface area contributed by atoms with E-state index in [4.69, 9.17) is 4.74 Å². The summed E-state index contributed by atoms with van der Waals surface area (Å²) < 4.78 is 6.14. The number of hydrogen-bond acceptors (Lipinski definition) is 4. The van der Waals surface area contributed by atoms with Crippen LogP contribution in [0.2, 0.25) is 0 Å². The van der Waals surface area contributed by atoms with Gasteiger partial charge >= 0.3 is 0 Å². The summed E-state index contributed by atoms with van der Waals surface area (Å²) in [5.74, 6) is 3.21. The molecule has 0 radical (unpaired) electrons. The van der Waals surface area contributed by atoms with Gasteiger partial charge in [0.05, 0.1) is 12.4 Å². The Morgan fingerprint density at radius 3 is 2.33 bits per heavy atom. The Balaban J connectivity index is 0.000001000. The first-order chi connectivity index (χ1) is 8.38. The fraction of sp³-hybridized carbons (Fsp3) is 0.692. The van der Waals surface area contributed by atoms with E-state index in [-0.39, 0.29) is 12.4 Å². The second-order valence-corrected chi connectivity index (χ2v) is 5.73. The highest BCUT2D eigenvalue weighted by Gasteiger charge is 2.48. The highest BCUT2D eigenvalue weighted by molar-refractivity contribution is 5.85. The van der Waals surface area contributed by atoms with Crippen molar-refractivity contribution >= 4 is 12.4 Å². The molecule has 1 aromatic heterocycles. The van der Waals surface area contributed by atoms with Crippen LogP contribution in [0.15, 0.2) is 18.7 Å². The summed E-state index contributed by atoms with van der Waals surface area (Å²) in [6, 6.07) is 0. The minimum atomic E-state index is 0. The van der Waals surface area contributed by atoms with Crippen molar-refractivity contribution in [3.05, 3.63) is 18.7 Å². The van der Waals surface area contributed by atoms with E-state index in [1.165, 1.54) is 32.5 Å². The largest absolute Gasteiger partial charge is 0.487 e. The number of halogens is 1. The Hall–Kier alpha value is -0.870. The van der Waals surface area contributed by atoms with E-state index in [2.05, 4.69) is 14.9 Å². The van der Waals surface area contributed by atoms with Crippen molar-refractivity contribution in [3.63, 3.8) is 0 Å². The lowest BCUT2D eigenvalue weighted by molar-refractivity contribution is -0.0986. The molecule has 98 valence electrons. The third-order valence-electron chi connectivity index (χ3n) is 4.51. The van der Waals surface area contributed by atoms with E-state index in [1.54, 1.807) is 18.7 Å². The van der Waals surface area contributed by atoms with Crippen molar-refractivity contribution in [1.29, 1.82) is 0 Å². The van der Waals surface area contributed by atoms with Gasteiger partial charge in [-0.2, -0.15) is 0 Å². The van der Waals surface area contributed by atoms with Crippen LogP contribution in [0.3, 0.4) is 0 Å². The van der Waals surface area contributed by atoms with E-state index in [1.807, 2.05) is 0 Å². The highest BCUT2D eigenvalue weighted by Crippen LogP contribution is 2.44. The number of rotatable bonds is 2. The monoisotopic (exact) mass is 267 g/mol. The molecule has 3 aliphatic heterocycles. The smallest absolute Gasteiger partial charge is 0.156 e. The topological polar surface area (TPSA) is 38.2 Å². The van der Waals surface area contributed by atoms with Crippen molar-refractivity contribution in [2.45, 2.75) is 18.9 Å². The van der Waals surface area contributed by atoms with Crippen LogP contribution in [-0.2, 0) is 0 Å². The summed E-state index contributed by atoms with van der Waals surface area (Å²) in [6.07, 6.45) is 8.21. The van der Waals surface area contributed by atoms with E-state index in [0.29, 0.717) is 6.10 Å². The number of aromatic nitrogens is 2. The quantitative estimate of drug-likeness (QED) is 0.816. The molecule has 18 heavy (non-hydrogen) atoms. The third kappa shape index (κ3) is 1.97. The predicted octanol–water partition coefficient (Wildman–Crippen LogP) is 1.62. The molecule has 1 aliphatic carbocycles. The molecule has 4 nitrogen and oxygen atoms in total. The average molecular weight is 268 g/mol. The molecule has 0 aromatic carbocycles. The second-order valence-electron chi connectivity index (χ2n) is 5.73. The molecule has 4 bridgehead atoms. The van der Waals surface area contributed by atoms with Gasteiger partial charge in [0.25, 0.3) is 0 Å². The van der Waals surface area contributed by atoms with Crippen LogP contribution in [0.1, 0.15) is 12.8 Å². The molecule has 0 spiro atoms. The summed E-state index contributed by atoms with van der Waals surface area (Å²) in [5, 5.41) is 0. The van der Waals surface area contributed by atoms with E-state index < -0.39 is 0 Å². The first kappa shape index (κ1) is 12.2. The van der Waals surface area contributed by atoms with Gasteiger partial charge in [-0.25, -0.2) is 9.97 Å². The van der Waals surface area contributed by atoms with Crippen molar-refractivity contribution in [2.24, 2.45) is 17.8 Å². The minimum absolute atomic E-state index is 0. The van der Waals surface area contributed by atoms with Gasteiger partial charge in [0.15, 0.2) is 5.75 Å². The number of ether oxygens (including phenoxy) is 1. The van der Waals surface area contributed by atoms with Crippen molar-refractivity contribution in [1.82, 2.24) is 14.9 Å². The average Bonchev–Trinajstić information content (AvgIpc) is 2.34. The summed E-state index contributed by atoms with van der Waals surface area (Å²) >= 11 is 0. The molecule has 1 aromatic rings. The Labute approximate surface area is 113 Å². The maximum Gasteiger partial charge on any atom is 0.156 e. The molecular weight excluding hydrogens is 250 g/mol. The van der Waals surface area contributed by atoms with Crippen LogP contribution in [-0.4, -0.2) is 40.6 Å². The van der Waals surface area contributed by atoms with Crippen LogP contribution < -0.4 is 4.74 Å². The fourth-order valence-electron chi connectivity index (χ4n) is 4.06.